The van der Waals surface area contributed by atoms with Crippen molar-refractivity contribution in [3.8, 4) is 0 Å². The molecule has 1 aromatic rings. The van der Waals surface area contributed by atoms with Crippen LogP contribution in [-0.4, -0.2) is 69.6 Å². The minimum absolute atomic E-state index is 0.0595. The lowest BCUT2D eigenvalue weighted by atomic mass is 10.1. The van der Waals surface area contributed by atoms with Gasteiger partial charge in [0.1, 0.15) is 6.61 Å². The van der Waals surface area contributed by atoms with Crippen molar-refractivity contribution in [2.45, 2.75) is 12.1 Å². The van der Waals surface area contributed by atoms with Gasteiger partial charge < -0.3 is 14.5 Å². The van der Waals surface area contributed by atoms with Crippen LogP contribution in [0.25, 0.3) is 0 Å². The first-order chi connectivity index (χ1) is 9.70. The molecule has 2 fully saturated rings. The van der Waals surface area contributed by atoms with Gasteiger partial charge in [-0.25, -0.2) is 0 Å². The Morgan fingerprint density at radius 3 is 3.15 bits per heavy atom. The molecule has 2 aliphatic heterocycles. The molecule has 106 valence electrons. The molecule has 0 N–H and O–H groups in total. The molecule has 2 atom stereocenters. The number of carbonyl (C=O) groups excluding carboxylic acids is 2. The average Bonchev–Trinajstić information content (AvgIpc) is 3.10. The zero-order valence-electron chi connectivity index (χ0n) is 10.8. The highest BCUT2D eigenvalue weighted by molar-refractivity contribution is 7.03. The summed E-state index contributed by atoms with van der Waals surface area (Å²) < 4.78 is 9.23. The maximum Gasteiger partial charge on any atom is 0.275 e. The van der Waals surface area contributed by atoms with Crippen LogP contribution < -0.4 is 0 Å². The van der Waals surface area contributed by atoms with Crippen molar-refractivity contribution >= 4 is 23.3 Å². The quantitative estimate of drug-likeness (QED) is 0.720. The van der Waals surface area contributed by atoms with E-state index in [-0.39, 0.29) is 30.6 Å². The molecule has 0 radical (unpaired) electrons. The number of fused-ring (bicyclic) bond motifs is 1. The minimum atomic E-state index is -0.164. The van der Waals surface area contributed by atoms with E-state index in [0.29, 0.717) is 25.3 Å². The molecule has 0 saturated carbocycles. The third-order valence-corrected chi connectivity index (χ3v) is 4.08. The fourth-order valence-electron chi connectivity index (χ4n) is 2.63. The highest BCUT2D eigenvalue weighted by Gasteiger charge is 2.44. The van der Waals surface area contributed by atoms with E-state index in [4.69, 9.17) is 4.74 Å². The van der Waals surface area contributed by atoms with E-state index in [0.717, 1.165) is 11.5 Å². The first kappa shape index (κ1) is 13.2. The van der Waals surface area contributed by atoms with Gasteiger partial charge in [-0.3, -0.25) is 9.59 Å². The lowest BCUT2D eigenvalue weighted by Crippen LogP contribution is -2.53. The van der Waals surface area contributed by atoms with Crippen LogP contribution in [0.5, 0.6) is 0 Å². The number of nitrogens with zero attached hydrogens (tertiary/aromatic N) is 4. The molecule has 2 amide bonds. The van der Waals surface area contributed by atoms with E-state index < -0.39 is 0 Å². The summed E-state index contributed by atoms with van der Waals surface area (Å²) in [6.45, 7) is 5.14. The highest BCUT2D eigenvalue weighted by atomic mass is 32.1. The van der Waals surface area contributed by atoms with Crippen LogP contribution in [0, 0.1) is 0 Å². The molecule has 0 spiro atoms. The molecule has 7 nitrogen and oxygen atoms in total. The third kappa shape index (κ3) is 2.20. The molecule has 3 heterocycles. The molecule has 8 heteroatoms. The lowest BCUT2D eigenvalue weighted by molar-refractivity contribution is -0.151. The summed E-state index contributed by atoms with van der Waals surface area (Å²) in [5.74, 6) is -0.224. The number of morpholine rings is 1. The maximum absolute atomic E-state index is 12.2. The molecule has 0 bridgehead atoms. The topological polar surface area (TPSA) is 75.6 Å². The summed E-state index contributed by atoms with van der Waals surface area (Å²) >= 11 is 1.14. The second-order valence-electron chi connectivity index (χ2n) is 4.75. The predicted molar refractivity (Wildman–Crippen MR) is 71.3 cm³/mol. The molecule has 1 aromatic heterocycles. The summed E-state index contributed by atoms with van der Waals surface area (Å²) in [6, 6.07) is -0.107. The van der Waals surface area contributed by atoms with Crippen molar-refractivity contribution in [3.63, 3.8) is 0 Å². The molecule has 3 rings (SSSR count). The Morgan fingerprint density at radius 2 is 2.45 bits per heavy atom. The normalized spacial score (nSPS) is 25.7. The van der Waals surface area contributed by atoms with Crippen molar-refractivity contribution in [1.82, 2.24) is 19.4 Å². The number of carbonyl (C=O) groups is 2. The number of rotatable bonds is 3. The van der Waals surface area contributed by atoms with E-state index in [1.165, 1.54) is 0 Å². The number of hydrogen-bond acceptors (Lipinski definition) is 6. The van der Waals surface area contributed by atoms with Gasteiger partial charge in [0, 0.05) is 25.0 Å². The Balaban J connectivity index is 1.75. The van der Waals surface area contributed by atoms with Gasteiger partial charge in [-0.05, 0) is 11.5 Å². The number of likely N-dealkylation sites (tertiary alicyclic amines) is 1. The third-order valence-electron chi connectivity index (χ3n) is 3.57. The van der Waals surface area contributed by atoms with Crippen LogP contribution in [0.3, 0.4) is 0 Å². The fourth-order valence-corrected chi connectivity index (χ4v) is 3.06. The highest BCUT2D eigenvalue weighted by Crippen LogP contribution is 2.24. The van der Waals surface area contributed by atoms with E-state index in [9.17, 15) is 9.59 Å². The van der Waals surface area contributed by atoms with Gasteiger partial charge in [-0.2, -0.15) is 0 Å². The molecular formula is C12H14N4O3S. The van der Waals surface area contributed by atoms with Crippen LogP contribution >= 0.6 is 11.5 Å². The van der Waals surface area contributed by atoms with Gasteiger partial charge in [0.2, 0.25) is 5.91 Å². The van der Waals surface area contributed by atoms with Gasteiger partial charge in [0.15, 0.2) is 5.69 Å². The van der Waals surface area contributed by atoms with Crippen molar-refractivity contribution in [3.05, 3.63) is 23.7 Å². The molecular weight excluding hydrogens is 280 g/mol. The first-order valence-corrected chi connectivity index (χ1v) is 7.12. The van der Waals surface area contributed by atoms with Gasteiger partial charge in [0.25, 0.3) is 5.91 Å². The SMILES string of the molecule is C=CCN1C(=O)CO[C@@H]2CN(C(=O)c3csnn3)C[C@H]21. The van der Waals surface area contributed by atoms with Gasteiger partial charge in [-0.15, -0.1) is 11.7 Å². The molecule has 2 saturated heterocycles. The number of ether oxygens (including phenoxy) is 1. The average molecular weight is 294 g/mol. The summed E-state index contributed by atoms with van der Waals surface area (Å²) in [5, 5.41) is 5.41. The molecule has 2 aliphatic rings. The van der Waals surface area contributed by atoms with Crippen LogP contribution in [0.4, 0.5) is 0 Å². The Hall–Kier alpha value is -1.80. The number of hydrogen-bond donors (Lipinski definition) is 0. The summed E-state index contributed by atoms with van der Waals surface area (Å²) in [7, 11) is 0. The number of amides is 2. The second kappa shape index (κ2) is 5.29. The Labute approximate surface area is 120 Å². The van der Waals surface area contributed by atoms with Crippen LogP contribution in [0.1, 0.15) is 10.5 Å². The van der Waals surface area contributed by atoms with Gasteiger partial charge in [0.05, 0.1) is 12.1 Å². The molecule has 0 aliphatic carbocycles. The molecule has 0 unspecified atom stereocenters. The van der Waals surface area contributed by atoms with Crippen LogP contribution in [0.2, 0.25) is 0 Å². The molecule has 0 aromatic carbocycles. The van der Waals surface area contributed by atoms with Crippen molar-refractivity contribution < 1.29 is 14.3 Å². The summed E-state index contributed by atoms with van der Waals surface area (Å²) in [5.41, 5.74) is 0.343. The van der Waals surface area contributed by atoms with Crippen molar-refractivity contribution in [2.75, 3.05) is 26.2 Å². The Bertz CT molecular complexity index is 533. The Kier molecular flexibility index (Phi) is 3.49. The lowest BCUT2D eigenvalue weighted by Gasteiger charge is -2.35. The summed E-state index contributed by atoms with van der Waals surface area (Å²) in [4.78, 5) is 27.5. The zero-order valence-corrected chi connectivity index (χ0v) is 11.6. The van der Waals surface area contributed by atoms with E-state index in [1.54, 1.807) is 21.3 Å². The summed E-state index contributed by atoms with van der Waals surface area (Å²) in [6.07, 6.45) is 1.55. The monoisotopic (exact) mass is 294 g/mol. The number of aromatic nitrogens is 2. The van der Waals surface area contributed by atoms with E-state index >= 15 is 0 Å². The van der Waals surface area contributed by atoms with Crippen LogP contribution in [-0.2, 0) is 9.53 Å². The smallest absolute Gasteiger partial charge is 0.275 e. The van der Waals surface area contributed by atoms with Gasteiger partial charge >= 0.3 is 0 Å². The fraction of sp³-hybridized carbons (Fsp3) is 0.500. The minimum Gasteiger partial charge on any atom is -0.364 e. The van der Waals surface area contributed by atoms with E-state index in [1.807, 2.05) is 0 Å². The maximum atomic E-state index is 12.2. The zero-order chi connectivity index (χ0) is 14.1. The first-order valence-electron chi connectivity index (χ1n) is 6.29. The van der Waals surface area contributed by atoms with E-state index in [2.05, 4.69) is 16.2 Å². The van der Waals surface area contributed by atoms with Crippen molar-refractivity contribution in [1.29, 1.82) is 0 Å². The Morgan fingerprint density at radius 1 is 1.60 bits per heavy atom. The van der Waals surface area contributed by atoms with Crippen molar-refractivity contribution in [2.24, 2.45) is 0 Å². The van der Waals surface area contributed by atoms with Crippen LogP contribution in [0.15, 0.2) is 18.0 Å². The molecule has 20 heavy (non-hydrogen) atoms. The van der Waals surface area contributed by atoms with Gasteiger partial charge in [-0.1, -0.05) is 10.6 Å². The predicted octanol–water partition coefficient (Wildman–Crippen LogP) is -0.224. The standard InChI is InChI=1S/C12H14N4O3S/c1-2-3-16-9-4-15(5-10(9)19-6-11(16)17)12(18)8-7-20-14-13-8/h2,7,9-10H,1,3-6H2/t9-,10-/m1/s1. The largest absolute Gasteiger partial charge is 0.364 e. The second-order valence-corrected chi connectivity index (χ2v) is 5.36.